The fourth-order valence-electron chi connectivity index (χ4n) is 3.17. The van der Waals surface area contributed by atoms with Crippen molar-refractivity contribution >= 4 is 32.3 Å². The van der Waals surface area contributed by atoms with Gasteiger partial charge in [0.25, 0.3) is 0 Å². The Morgan fingerprint density at radius 2 is 2.13 bits per heavy atom. The number of hydrogen-bond donors (Lipinski definition) is 0. The van der Waals surface area contributed by atoms with Gasteiger partial charge in [0.1, 0.15) is 0 Å². The highest BCUT2D eigenvalue weighted by molar-refractivity contribution is 9.11. The van der Waals surface area contributed by atoms with E-state index in [1.165, 1.54) is 41.0 Å². The molecule has 2 aliphatic rings. The normalized spacial score (nSPS) is 26.3. The van der Waals surface area contributed by atoms with Crippen LogP contribution in [0, 0.1) is 5.92 Å². The highest BCUT2D eigenvalue weighted by Gasteiger charge is 2.35. The summed E-state index contributed by atoms with van der Waals surface area (Å²) in [5.74, 6) is 1.77. The second kappa shape index (κ2) is 3.77. The predicted molar refractivity (Wildman–Crippen MR) is 70.0 cm³/mol. The van der Waals surface area contributed by atoms with E-state index >= 15 is 0 Å². The maximum atomic E-state index is 3.61. The SMILES string of the molecule is CN1CC(C2CCCC2)c2cc(Br)sc21. The highest BCUT2D eigenvalue weighted by Crippen LogP contribution is 2.49. The van der Waals surface area contributed by atoms with Crippen LogP contribution < -0.4 is 4.90 Å². The minimum absolute atomic E-state index is 0.815. The van der Waals surface area contributed by atoms with Crippen LogP contribution >= 0.6 is 27.3 Å². The van der Waals surface area contributed by atoms with Crippen molar-refractivity contribution in [3.63, 3.8) is 0 Å². The van der Waals surface area contributed by atoms with Gasteiger partial charge in [-0.25, -0.2) is 0 Å². The third kappa shape index (κ3) is 1.64. The molecule has 3 rings (SSSR count). The molecule has 0 bridgehead atoms. The lowest BCUT2D eigenvalue weighted by molar-refractivity contribution is 0.452. The van der Waals surface area contributed by atoms with Crippen molar-refractivity contribution in [1.82, 2.24) is 0 Å². The molecule has 82 valence electrons. The molecule has 0 amide bonds. The zero-order valence-corrected chi connectivity index (χ0v) is 11.4. The van der Waals surface area contributed by atoms with Crippen LogP contribution in [0.4, 0.5) is 5.00 Å². The molecule has 2 heterocycles. The van der Waals surface area contributed by atoms with Crippen molar-refractivity contribution in [1.29, 1.82) is 0 Å². The minimum atomic E-state index is 0.815. The quantitative estimate of drug-likeness (QED) is 0.746. The second-order valence-corrected chi connectivity index (χ2v) is 7.25. The average molecular weight is 286 g/mol. The Kier molecular flexibility index (Phi) is 2.56. The van der Waals surface area contributed by atoms with Gasteiger partial charge in [0.2, 0.25) is 0 Å². The summed E-state index contributed by atoms with van der Waals surface area (Å²) in [5, 5.41) is 1.50. The van der Waals surface area contributed by atoms with Crippen LogP contribution in [0.15, 0.2) is 9.85 Å². The number of anilines is 1. The van der Waals surface area contributed by atoms with Crippen LogP contribution in [0.2, 0.25) is 0 Å². The smallest absolute Gasteiger partial charge is 0.0954 e. The van der Waals surface area contributed by atoms with Crippen LogP contribution in [0.5, 0.6) is 0 Å². The molecule has 0 aromatic carbocycles. The number of thiophene rings is 1. The summed E-state index contributed by atoms with van der Waals surface area (Å²) < 4.78 is 1.29. The molecule has 1 unspecified atom stereocenters. The van der Waals surface area contributed by atoms with Gasteiger partial charge in [-0.3, -0.25) is 0 Å². The lowest BCUT2D eigenvalue weighted by Crippen LogP contribution is -2.19. The van der Waals surface area contributed by atoms with Crippen LogP contribution in [-0.4, -0.2) is 13.6 Å². The fraction of sp³-hybridized carbons (Fsp3) is 0.667. The summed E-state index contributed by atoms with van der Waals surface area (Å²) in [6.07, 6.45) is 5.80. The van der Waals surface area contributed by atoms with E-state index in [9.17, 15) is 0 Å². The number of halogens is 1. The molecule has 1 aromatic rings. The molecule has 1 saturated carbocycles. The van der Waals surface area contributed by atoms with Crippen LogP contribution in [0.1, 0.15) is 37.2 Å². The van der Waals surface area contributed by atoms with Crippen LogP contribution in [0.3, 0.4) is 0 Å². The summed E-state index contributed by atoms with van der Waals surface area (Å²) in [5.41, 5.74) is 1.61. The van der Waals surface area contributed by atoms with E-state index in [2.05, 4.69) is 33.9 Å². The van der Waals surface area contributed by atoms with E-state index in [1.807, 2.05) is 11.3 Å². The molecule has 1 nitrogen and oxygen atoms in total. The molecule has 1 atom stereocenters. The number of likely N-dealkylation sites (N-methyl/N-ethyl adjacent to an activating group) is 1. The molecule has 0 radical (unpaired) electrons. The summed E-state index contributed by atoms with van der Waals surface area (Å²) in [6, 6.07) is 2.35. The van der Waals surface area contributed by atoms with E-state index in [1.54, 1.807) is 5.56 Å². The van der Waals surface area contributed by atoms with Gasteiger partial charge in [0.15, 0.2) is 0 Å². The Bertz CT molecular complexity index is 368. The number of hydrogen-bond acceptors (Lipinski definition) is 2. The lowest BCUT2D eigenvalue weighted by atomic mass is 9.88. The Balaban J connectivity index is 1.92. The summed E-state index contributed by atoms with van der Waals surface area (Å²) in [4.78, 5) is 2.44. The van der Waals surface area contributed by atoms with E-state index in [4.69, 9.17) is 0 Å². The lowest BCUT2D eigenvalue weighted by Gasteiger charge is -2.19. The Morgan fingerprint density at radius 1 is 1.40 bits per heavy atom. The summed E-state index contributed by atoms with van der Waals surface area (Å²) in [7, 11) is 2.23. The van der Waals surface area contributed by atoms with Gasteiger partial charge >= 0.3 is 0 Å². The third-order valence-electron chi connectivity index (χ3n) is 3.90. The Hall–Kier alpha value is -0.0200. The average Bonchev–Trinajstić information content (AvgIpc) is 2.85. The molecule has 0 N–H and O–H groups in total. The Labute approximate surface area is 104 Å². The first-order valence-corrected chi connectivity index (χ1v) is 7.37. The van der Waals surface area contributed by atoms with E-state index in [-0.39, 0.29) is 0 Å². The van der Waals surface area contributed by atoms with Gasteiger partial charge in [-0.15, -0.1) is 11.3 Å². The van der Waals surface area contributed by atoms with Crippen molar-refractivity contribution in [2.24, 2.45) is 5.92 Å². The topological polar surface area (TPSA) is 3.24 Å². The summed E-state index contributed by atoms with van der Waals surface area (Å²) in [6.45, 7) is 1.25. The first kappa shape index (κ1) is 10.2. The minimum Gasteiger partial charge on any atom is -0.366 e. The van der Waals surface area contributed by atoms with Crippen molar-refractivity contribution in [3.8, 4) is 0 Å². The summed E-state index contributed by atoms with van der Waals surface area (Å²) >= 11 is 5.50. The molecule has 1 fully saturated rings. The maximum absolute atomic E-state index is 3.61. The second-order valence-electron chi connectivity index (χ2n) is 4.84. The van der Waals surface area contributed by atoms with Crippen LogP contribution in [0.25, 0.3) is 0 Å². The first-order valence-electron chi connectivity index (χ1n) is 5.76. The molecule has 1 aromatic heterocycles. The third-order valence-corrected chi connectivity index (χ3v) is 5.66. The molecule has 3 heteroatoms. The zero-order chi connectivity index (χ0) is 10.4. The zero-order valence-electron chi connectivity index (χ0n) is 9.00. The number of rotatable bonds is 1. The molecule has 15 heavy (non-hydrogen) atoms. The maximum Gasteiger partial charge on any atom is 0.0954 e. The van der Waals surface area contributed by atoms with Crippen molar-refractivity contribution in [2.45, 2.75) is 31.6 Å². The van der Waals surface area contributed by atoms with E-state index in [0.717, 1.165) is 11.8 Å². The van der Waals surface area contributed by atoms with Crippen LogP contribution in [-0.2, 0) is 0 Å². The largest absolute Gasteiger partial charge is 0.366 e. The van der Waals surface area contributed by atoms with Gasteiger partial charge in [-0.05, 0) is 46.3 Å². The standard InChI is InChI=1S/C12H16BrNS/c1-14-7-10(8-4-2-3-5-8)9-6-11(13)15-12(9)14/h6,8,10H,2-5,7H2,1H3. The van der Waals surface area contributed by atoms with E-state index < -0.39 is 0 Å². The van der Waals surface area contributed by atoms with Gasteiger partial charge < -0.3 is 4.90 Å². The van der Waals surface area contributed by atoms with Gasteiger partial charge in [-0.1, -0.05) is 12.8 Å². The van der Waals surface area contributed by atoms with Gasteiger partial charge in [0, 0.05) is 19.5 Å². The highest BCUT2D eigenvalue weighted by atomic mass is 79.9. The molecule has 0 spiro atoms. The van der Waals surface area contributed by atoms with Gasteiger partial charge in [0.05, 0.1) is 8.79 Å². The van der Waals surface area contributed by atoms with Crippen molar-refractivity contribution < 1.29 is 0 Å². The first-order chi connectivity index (χ1) is 7.25. The Morgan fingerprint density at radius 3 is 2.87 bits per heavy atom. The number of nitrogens with zero attached hydrogens (tertiary/aromatic N) is 1. The molecule has 1 aliphatic heterocycles. The number of fused-ring (bicyclic) bond motifs is 1. The van der Waals surface area contributed by atoms with E-state index in [0.29, 0.717) is 0 Å². The molecule has 0 saturated heterocycles. The molecular weight excluding hydrogens is 270 g/mol. The fourth-order valence-corrected chi connectivity index (χ4v) is 4.80. The monoisotopic (exact) mass is 285 g/mol. The van der Waals surface area contributed by atoms with Crippen molar-refractivity contribution in [2.75, 3.05) is 18.5 Å². The predicted octanol–water partition coefficient (Wildman–Crippen LogP) is 4.23. The molecular formula is C12H16BrNS. The van der Waals surface area contributed by atoms with Crippen molar-refractivity contribution in [3.05, 3.63) is 15.4 Å². The molecule has 1 aliphatic carbocycles. The van der Waals surface area contributed by atoms with Gasteiger partial charge in [-0.2, -0.15) is 0 Å².